The smallest absolute Gasteiger partial charge is 0.412 e. The predicted octanol–water partition coefficient (Wildman–Crippen LogP) is 1.11. The summed E-state index contributed by atoms with van der Waals surface area (Å²) in [5.41, 5.74) is 5.53. The van der Waals surface area contributed by atoms with Crippen molar-refractivity contribution in [2.45, 2.75) is 13.0 Å². The zero-order valence-corrected chi connectivity index (χ0v) is 8.27. The lowest BCUT2D eigenvalue weighted by molar-refractivity contribution is -0.125. The third kappa shape index (κ3) is 3.68. The van der Waals surface area contributed by atoms with E-state index in [1.54, 1.807) is 24.3 Å². The number of hydrogen-bond acceptors (Lipinski definition) is 3. The highest BCUT2D eigenvalue weighted by molar-refractivity contribution is 5.87. The number of hydrogen-bond donors (Lipinski definition) is 2. The minimum atomic E-state index is -0.936. The minimum absolute atomic E-state index is 0.596. The van der Waals surface area contributed by atoms with Gasteiger partial charge in [0, 0.05) is 5.69 Å². The van der Waals surface area contributed by atoms with Crippen molar-refractivity contribution >= 4 is 17.7 Å². The van der Waals surface area contributed by atoms with Crippen molar-refractivity contribution in [3.63, 3.8) is 0 Å². The highest BCUT2D eigenvalue weighted by Crippen LogP contribution is 2.05. The van der Waals surface area contributed by atoms with Crippen LogP contribution < -0.4 is 11.1 Å². The van der Waals surface area contributed by atoms with Gasteiger partial charge in [0.05, 0.1) is 0 Å². The van der Waals surface area contributed by atoms with Crippen molar-refractivity contribution in [3.05, 3.63) is 30.3 Å². The van der Waals surface area contributed by atoms with Crippen LogP contribution in [0.4, 0.5) is 10.5 Å². The number of primary amides is 1. The maximum Gasteiger partial charge on any atom is 0.412 e. The molecule has 0 saturated heterocycles. The number of carbonyl (C=O) groups excluding carboxylic acids is 2. The lowest BCUT2D eigenvalue weighted by Gasteiger charge is -2.10. The molecule has 0 spiro atoms. The largest absolute Gasteiger partial charge is 0.436 e. The summed E-state index contributed by atoms with van der Waals surface area (Å²) in [7, 11) is 0. The van der Waals surface area contributed by atoms with Crippen LogP contribution in [0.5, 0.6) is 0 Å². The number of rotatable bonds is 3. The Morgan fingerprint density at radius 1 is 1.33 bits per heavy atom. The monoisotopic (exact) mass is 208 g/mol. The molecular weight excluding hydrogens is 196 g/mol. The number of ether oxygens (including phenoxy) is 1. The number of nitrogens with two attached hydrogens (primary N) is 1. The number of carbonyl (C=O) groups is 2. The predicted molar refractivity (Wildman–Crippen MR) is 55.2 cm³/mol. The second kappa shape index (κ2) is 4.99. The van der Waals surface area contributed by atoms with Gasteiger partial charge in [-0.25, -0.2) is 4.79 Å². The first-order valence-electron chi connectivity index (χ1n) is 4.41. The Bertz CT molecular complexity index is 351. The van der Waals surface area contributed by atoms with Crippen molar-refractivity contribution in [2.75, 3.05) is 5.32 Å². The van der Waals surface area contributed by atoms with E-state index in [0.29, 0.717) is 5.69 Å². The Kier molecular flexibility index (Phi) is 3.68. The van der Waals surface area contributed by atoms with Crippen LogP contribution in [-0.4, -0.2) is 18.1 Å². The van der Waals surface area contributed by atoms with Crippen LogP contribution in [0, 0.1) is 0 Å². The van der Waals surface area contributed by atoms with Gasteiger partial charge >= 0.3 is 6.09 Å². The summed E-state index contributed by atoms with van der Waals surface area (Å²) in [5, 5.41) is 2.46. The van der Waals surface area contributed by atoms with E-state index in [9.17, 15) is 9.59 Å². The van der Waals surface area contributed by atoms with Crippen LogP contribution in [0.1, 0.15) is 6.92 Å². The van der Waals surface area contributed by atoms with Crippen LogP contribution in [0.25, 0.3) is 0 Å². The SMILES string of the molecule is CC(OC(=O)Nc1ccccc1)C(N)=O. The van der Waals surface area contributed by atoms with Gasteiger partial charge in [0.25, 0.3) is 5.91 Å². The maximum atomic E-state index is 11.2. The third-order valence-electron chi connectivity index (χ3n) is 1.70. The molecule has 1 aromatic carbocycles. The van der Waals surface area contributed by atoms with Crippen molar-refractivity contribution < 1.29 is 14.3 Å². The summed E-state index contributed by atoms with van der Waals surface area (Å²) in [5.74, 6) is -0.682. The molecule has 3 N–H and O–H groups in total. The second-order valence-electron chi connectivity index (χ2n) is 2.94. The summed E-state index contributed by atoms with van der Waals surface area (Å²) in [4.78, 5) is 21.8. The van der Waals surface area contributed by atoms with Gasteiger partial charge in [0.15, 0.2) is 6.10 Å². The first-order valence-corrected chi connectivity index (χ1v) is 4.41. The van der Waals surface area contributed by atoms with E-state index in [2.05, 4.69) is 5.32 Å². The van der Waals surface area contributed by atoms with Crippen molar-refractivity contribution in [2.24, 2.45) is 5.73 Å². The normalized spacial score (nSPS) is 11.5. The van der Waals surface area contributed by atoms with Gasteiger partial charge < -0.3 is 10.5 Å². The molecule has 0 aliphatic rings. The molecule has 1 rings (SSSR count). The summed E-state index contributed by atoms with van der Waals surface area (Å²) in [6.07, 6.45) is -1.64. The van der Waals surface area contributed by atoms with E-state index in [0.717, 1.165) is 0 Å². The molecule has 15 heavy (non-hydrogen) atoms. The van der Waals surface area contributed by atoms with E-state index in [4.69, 9.17) is 10.5 Å². The van der Waals surface area contributed by atoms with E-state index >= 15 is 0 Å². The Labute approximate surface area is 87.2 Å². The van der Waals surface area contributed by atoms with Gasteiger partial charge in [-0.05, 0) is 19.1 Å². The van der Waals surface area contributed by atoms with Gasteiger partial charge in [0.2, 0.25) is 0 Å². The molecule has 1 aromatic rings. The summed E-state index contributed by atoms with van der Waals surface area (Å²) in [6, 6.07) is 8.77. The molecule has 2 amide bonds. The van der Waals surface area contributed by atoms with Crippen LogP contribution in [-0.2, 0) is 9.53 Å². The van der Waals surface area contributed by atoms with E-state index in [-0.39, 0.29) is 0 Å². The third-order valence-corrected chi connectivity index (χ3v) is 1.70. The second-order valence-corrected chi connectivity index (χ2v) is 2.94. The van der Waals surface area contributed by atoms with Crippen LogP contribution in [0.15, 0.2) is 30.3 Å². The molecule has 5 nitrogen and oxygen atoms in total. The summed E-state index contributed by atoms with van der Waals surface area (Å²) < 4.78 is 4.69. The number of amides is 2. The first kappa shape index (κ1) is 11.0. The summed E-state index contributed by atoms with van der Waals surface area (Å²) >= 11 is 0. The number of nitrogens with one attached hydrogen (secondary N) is 1. The Hall–Kier alpha value is -2.04. The fourth-order valence-electron chi connectivity index (χ4n) is 0.887. The topological polar surface area (TPSA) is 81.4 Å². The fraction of sp³-hybridized carbons (Fsp3) is 0.200. The van der Waals surface area contributed by atoms with Crippen LogP contribution in [0.3, 0.4) is 0 Å². The van der Waals surface area contributed by atoms with E-state index < -0.39 is 18.1 Å². The van der Waals surface area contributed by atoms with Crippen molar-refractivity contribution in [3.8, 4) is 0 Å². The van der Waals surface area contributed by atoms with E-state index in [1.165, 1.54) is 6.92 Å². The molecule has 1 atom stereocenters. The lowest BCUT2D eigenvalue weighted by Crippen LogP contribution is -2.32. The molecule has 80 valence electrons. The Morgan fingerprint density at radius 2 is 1.93 bits per heavy atom. The average Bonchev–Trinajstić information content (AvgIpc) is 2.18. The van der Waals surface area contributed by atoms with Gasteiger partial charge in [0.1, 0.15) is 0 Å². The minimum Gasteiger partial charge on any atom is -0.436 e. The number of anilines is 1. The van der Waals surface area contributed by atoms with Crippen LogP contribution in [0.2, 0.25) is 0 Å². The first-order chi connectivity index (χ1) is 7.09. The maximum absolute atomic E-state index is 11.2. The van der Waals surface area contributed by atoms with Crippen molar-refractivity contribution in [1.29, 1.82) is 0 Å². The molecular formula is C10H12N2O3. The Balaban J connectivity index is 2.47. The molecule has 0 radical (unpaired) electrons. The zero-order chi connectivity index (χ0) is 11.3. The Morgan fingerprint density at radius 3 is 2.47 bits per heavy atom. The van der Waals surface area contributed by atoms with Crippen LogP contribution >= 0.6 is 0 Å². The zero-order valence-electron chi connectivity index (χ0n) is 8.27. The quantitative estimate of drug-likeness (QED) is 0.780. The molecule has 0 aliphatic carbocycles. The molecule has 0 bridgehead atoms. The molecule has 0 saturated carbocycles. The lowest BCUT2D eigenvalue weighted by atomic mass is 10.3. The molecule has 0 aromatic heterocycles. The van der Waals surface area contributed by atoms with Crippen molar-refractivity contribution in [1.82, 2.24) is 0 Å². The molecule has 0 heterocycles. The number of para-hydroxylation sites is 1. The highest BCUT2D eigenvalue weighted by Gasteiger charge is 2.13. The fourth-order valence-corrected chi connectivity index (χ4v) is 0.887. The standard InChI is InChI=1S/C10H12N2O3/c1-7(9(11)13)15-10(14)12-8-5-3-2-4-6-8/h2-7H,1H3,(H2,11,13)(H,12,14). The molecule has 0 aliphatic heterocycles. The van der Waals surface area contributed by atoms with Gasteiger partial charge in [-0.15, -0.1) is 0 Å². The molecule has 1 unspecified atom stereocenters. The van der Waals surface area contributed by atoms with Gasteiger partial charge in [-0.2, -0.15) is 0 Å². The molecule has 5 heteroatoms. The van der Waals surface area contributed by atoms with Gasteiger partial charge in [-0.1, -0.05) is 18.2 Å². The van der Waals surface area contributed by atoms with Gasteiger partial charge in [-0.3, -0.25) is 10.1 Å². The number of benzene rings is 1. The van der Waals surface area contributed by atoms with E-state index in [1.807, 2.05) is 6.07 Å². The average molecular weight is 208 g/mol. The molecule has 0 fully saturated rings. The highest BCUT2D eigenvalue weighted by atomic mass is 16.6. The summed E-state index contributed by atoms with van der Waals surface area (Å²) in [6.45, 7) is 1.41.